The Labute approximate surface area is 127 Å². The Morgan fingerprint density at radius 3 is 2.45 bits per heavy atom. The van der Waals surface area contributed by atoms with E-state index in [1.54, 1.807) is 0 Å². The molecule has 0 fully saturated rings. The van der Waals surface area contributed by atoms with Crippen LogP contribution in [0.15, 0.2) is 36.4 Å². The zero-order valence-electron chi connectivity index (χ0n) is 12.5. The Balaban J connectivity index is 2.34. The fourth-order valence-electron chi connectivity index (χ4n) is 2.80. The molecule has 2 rings (SSSR count). The van der Waals surface area contributed by atoms with Crippen LogP contribution < -0.4 is 5.32 Å². The van der Waals surface area contributed by atoms with Gasteiger partial charge in [-0.2, -0.15) is 0 Å². The second-order valence-corrected chi connectivity index (χ2v) is 5.70. The van der Waals surface area contributed by atoms with E-state index in [9.17, 15) is 0 Å². The number of halogens is 1. The molecule has 1 nitrogen and oxygen atoms in total. The Bertz CT molecular complexity index is 550. The highest BCUT2D eigenvalue weighted by molar-refractivity contribution is 6.35. The Morgan fingerprint density at radius 2 is 1.75 bits per heavy atom. The van der Waals surface area contributed by atoms with E-state index >= 15 is 0 Å². The van der Waals surface area contributed by atoms with Crippen LogP contribution in [0.3, 0.4) is 0 Å². The summed E-state index contributed by atoms with van der Waals surface area (Å²) in [4.78, 5) is 0. The number of rotatable bonds is 7. The van der Waals surface area contributed by atoms with E-state index < -0.39 is 0 Å². The quantitative estimate of drug-likeness (QED) is 0.642. The van der Waals surface area contributed by atoms with Crippen molar-refractivity contribution in [2.75, 3.05) is 6.54 Å². The summed E-state index contributed by atoms with van der Waals surface area (Å²) in [5.74, 6) is 0. The smallest absolute Gasteiger partial charge is 0.0484 e. The minimum absolute atomic E-state index is 0.425. The van der Waals surface area contributed by atoms with Crippen LogP contribution in [-0.2, 0) is 0 Å². The molecule has 1 atom stereocenters. The number of hydrogen-bond acceptors (Lipinski definition) is 1. The lowest BCUT2D eigenvalue weighted by atomic mass is 9.95. The molecule has 0 spiro atoms. The second-order valence-electron chi connectivity index (χ2n) is 5.29. The molecule has 2 aromatic carbocycles. The molecule has 0 saturated heterocycles. The van der Waals surface area contributed by atoms with Gasteiger partial charge in [-0.05, 0) is 30.0 Å². The molecule has 0 aliphatic heterocycles. The molecule has 0 heterocycles. The molecule has 0 bridgehead atoms. The number of fused-ring (bicyclic) bond motifs is 1. The van der Waals surface area contributed by atoms with Crippen molar-refractivity contribution in [1.29, 1.82) is 0 Å². The van der Waals surface area contributed by atoms with Crippen LogP contribution in [0, 0.1) is 0 Å². The lowest BCUT2D eigenvalue weighted by Crippen LogP contribution is -2.21. The average molecular weight is 290 g/mol. The summed E-state index contributed by atoms with van der Waals surface area (Å²) < 4.78 is 0. The first-order valence-corrected chi connectivity index (χ1v) is 8.06. The summed E-state index contributed by atoms with van der Waals surface area (Å²) >= 11 is 6.32. The molecule has 20 heavy (non-hydrogen) atoms. The maximum atomic E-state index is 6.32. The summed E-state index contributed by atoms with van der Waals surface area (Å²) in [6.07, 6.45) is 5.02. The van der Waals surface area contributed by atoms with Crippen LogP contribution in [0.5, 0.6) is 0 Å². The third-order valence-electron chi connectivity index (χ3n) is 3.83. The van der Waals surface area contributed by atoms with Crippen molar-refractivity contribution in [2.24, 2.45) is 0 Å². The molecule has 0 saturated carbocycles. The largest absolute Gasteiger partial charge is 0.310 e. The van der Waals surface area contributed by atoms with Gasteiger partial charge in [-0.15, -0.1) is 0 Å². The van der Waals surface area contributed by atoms with Crippen molar-refractivity contribution in [3.63, 3.8) is 0 Å². The SMILES string of the molecule is CCCCCC(NCC)c1ccc(Cl)c2ccccc12. The number of unbranched alkanes of at least 4 members (excludes halogenated alkanes) is 2. The molecule has 2 heteroatoms. The fraction of sp³-hybridized carbons (Fsp3) is 0.444. The molecular formula is C18H24ClN. The van der Waals surface area contributed by atoms with E-state index in [-0.39, 0.29) is 0 Å². The van der Waals surface area contributed by atoms with E-state index in [0.717, 1.165) is 17.0 Å². The zero-order valence-corrected chi connectivity index (χ0v) is 13.2. The molecule has 108 valence electrons. The first-order valence-electron chi connectivity index (χ1n) is 7.68. The normalized spacial score (nSPS) is 12.8. The van der Waals surface area contributed by atoms with Crippen LogP contribution in [0.25, 0.3) is 10.8 Å². The van der Waals surface area contributed by atoms with Crippen molar-refractivity contribution in [1.82, 2.24) is 5.32 Å². The second kappa shape index (κ2) is 7.66. The highest BCUT2D eigenvalue weighted by Gasteiger charge is 2.14. The van der Waals surface area contributed by atoms with Gasteiger partial charge in [0.25, 0.3) is 0 Å². The molecule has 1 N–H and O–H groups in total. The molecule has 0 radical (unpaired) electrons. The van der Waals surface area contributed by atoms with Crippen LogP contribution >= 0.6 is 11.6 Å². The van der Waals surface area contributed by atoms with Crippen LogP contribution in [0.2, 0.25) is 5.02 Å². The van der Waals surface area contributed by atoms with E-state index in [1.165, 1.54) is 36.6 Å². The van der Waals surface area contributed by atoms with Gasteiger partial charge in [-0.25, -0.2) is 0 Å². The van der Waals surface area contributed by atoms with Gasteiger partial charge in [0.15, 0.2) is 0 Å². The van der Waals surface area contributed by atoms with Gasteiger partial charge >= 0.3 is 0 Å². The lowest BCUT2D eigenvalue weighted by Gasteiger charge is -2.20. The standard InChI is InChI=1S/C18H24ClN/c1-3-5-6-11-18(20-4-2)16-12-13-17(19)15-10-8-7-9-14(15)16/h7-10,12-13,18,20H,3-6,11H2,1-2H3. The summed E-state index contributed by atoms with van der Waals surface area (Å²) in [5.41, 5.74) is 1.38. The predicted octanol–water partition coefficient (Wildman–Crippen LogP) is 5.72. The minimum Gasteiger partial charge on any atom is -0.310 e. The van der Waals surface area contributed by atoms with Crippen molar-refractivity contribution in [3.8, 4) is 0 Å². The summed E-state index contributed by atoms with van der Waals surface area (Å²) in [6, 6.07) is 13.1. The minimum atomic E-state index is 0.425. The summed E-state index contributed by atoms with van der Waals surface area (Å²) in [7, 11) is 0. The highest BCUT2D eigenvalue weighted by atomic mass is 35.5. The van der Waals surface area contributed by atoms with Gasteiger partial charge in [-0.1, -0.05) is 75.0 Å². The van der Waals surface area contributed by atoms with E-state index in [1.807, 2.05) is 6.07 Å². The average Bonchev–Trinajstić information content (AvgIpc) is 2.48. The Morgan fingerprint density at radius 1 is 1.00 bits per heavy atom. The first kappa shape index (κ1) is 15.3. The monoisotopic (exact) mass is 289 g/mol. The van der Waals surface area contributed by atoms with Gasteiger partial charge in [-0.3, -0.25) is 0 Å². The van der Waals surface area contributed by atoms with Gasteiger partial charge < -0.3 is 5.32 Å². The number of hydrogen-bond donors (Lipinski definition) is 1. The van der Waals surface area contributed by atoms with Gasteiger partial charge in [0, 0.05) is 16.5 Å². The van der Waals surface area contributed by atoms with Crippen molar-refractivity contribution < 1.29 is 0 Å². The maximum absolute atomic E-state index is 6.32. The van der Waals surface area contributed by atoms with E-state index in [2.05, 4.69) is 49.5 Å². The first-order chi connectivity index (χ1) is 9.77. The molecule has 0 aromatic heterocycles. The zero-order chi connectivity index (χ0) is 14.4. The van der Waals surface area contributed by atoms with Gasteiger partial charge in [0.05, 0.1) is 0 Å². The van der Waals surface area contributed by atoms with E-state index in [4.69, 9.17) is 11.6 Å². The van der Waals surface area contributed by atoms with Gasteiger partial charge in [0.2, 0.25) is 0 Å². The maximum Gasteiger partial charge on any atom is 0.0484 e. The van der Waals surface area contributed by atoms with E-state index in [0.29, 0.717) is 6.04 Å². The molecule has 0 aliphatic rings. The van der Waals surface area contributed by atoms with Crippen molar-refractivity contribution in [3.05, 3.63) is 47.0 Å². The summed E-state index contributed by atoms with van der Waals surface area (Å²) in [5, 5.41) is 6.90. The molecular weight excluding hydrogens is 266 g/mol. The molecule has 0 amide bonds. The van der Waals surface area contributed by atoms with Crippen LogP contribution in [0.4, 0.5) is 0 Å². The third kappa shape index (κ3) is 3.53. The Kier molecular flexibility index (Phi) is 5.87. The molecule has 0 aliphatic carbocycles. The third-order valence-corrected chi connectivity index (χ3v) is 4.16. The van der Waals surface area contributed by atoms with Crippen molar-refractivity contribution in [2.45, 2.75) is 45.6 Å². The van der Waals surface area contributed by atoms with Crippen LogP contribution in [0.1, 0.15) is 51.1 Å². The van der Waals surface area contributed by atoms with Gasteiger partial charge in [0.1, 0.15) is 0 Å². The number of nitrogens with one attached hydrogen (secondary N) is 1. The lowest BCUT2D eigenvalue weighted by molar-refractivity contribution is 0.489. The van der Waals surface area contributed by atoms with Crippen molar-refractivity contribution >= 4 is 22.4 Å². The topological polar surface area (TPSA) is 12.0 Å². The highest BCUT2D eigenvalue weighted by Crippen LogP contribution is 2.31. The molecule has 2 aromatic rings. The predicted molar refractivity (Wildman–Crippen MR) is 89.5 cm³/mol. The molecule has 1 unspecified atom stereocenters. The Hall–Kier alpha value is -1.05. The fourth-order valence-corrected chi connectivity index (χ4v) is 3.03. The summed E-state index contributed by atoms with van der Waals surface area (Å²) in [6.45, 7) is 5.42. The van der Waals surface area contributed by atoms with Crippen LogP contribution in [-0.4, -0.2) is 6.54 Å². The number of benzene rings is 2.